The standard InChI is InChI=1S/C37H50N2O11/c1-36(2,3)49-32(43)13-12-28(22-41)39-31(42)14-16-38-34(44)25-20-29(33-30(21-25)48-37(50-33,26-8-9-26)27-10-11-27)47-35(45)24-6-4-23(5-7-24)15-18-46-19-17-40/h4-7,15,18,21,26-30,33,40-41H,8-14,16-17,19-20,22H2,1-3H3,(H,38,44)(H,39,42)/t28-,29+,30+,33-/m0/s1. The van der Waals surface area contributed by atoms with Crippen LogP contribution in [0.5, 0.6) is 0 Å². The van der Waals surface area contributed by atoms with Crippen molar-refractivity contribution in [3.05, 3.63) is 53.3 Å². The van der Waals surface area contributed by atoms with Crippen LogP contribution < -0.4 is 10.6 Å². The number of esters is 2. The lowest BCUT2D eigenvalue weighted by Crippen LogP contribution is -2.44. The number of fused-ring (bicyclic) bond motifs is 1. The monoisotopic (exact) mass is 698 g/mol. The topological polar surface area (TPSA) is 179 Å². The Kier molecular flexibility index (Phi) is 12.4. The number of amides is 2. The molecule has 1 saturated heterocycles. The summed E-state index contributed by atoms with van der Waals surface area (Å²) in [5, 5.41) is 24.0. The molecular formula is C37H50N2O11. The van der Waals surface area contributed by atoms with Crippen molar-refractivity contribution in [2.24, 2.45) is 11.8 Å². The number of aliphatic hydroxyl groups is 2. The second-order valence-corrected chi connectivity index (χ2v) is 14.4. The maximum Gasteiger partial charge on any atom is 0.338 e. The summed E-state index contributed by atoms with van der Waals surface area (Å²) in [6.45, 7) is 5.08. The second-order valence-electron chi connectivity index (χ2n) is 14.4. The fraction of sp³-hybridized carbons (Fsp3) is 0.622. The maximum atomic E-state index is 13.4. The molecule has 1 aromatic rings. The van der Waals surface area contributed by atoms with Gasteiger partial charge in [0.2, 0.25) is 11.8 Å². The third-order valence-corrected chi connectivity index (χ3v) is 9.01. The summed E-state index contributed by atoms with van der Waals surface area (Å²) in [6.07, 6.45) is 7.37. The molecule has 0 spiro atoms. The van der Waals surface area contributed by atoms with E-state index in [2.05, 4.69) is 10.6 Å². The molecule has 0 aromatic heterocycles. The molecule has 5 rings (SSSR count). The minimum Gasteiger partial charge on any atom is -0.499 e. The Labute approximate surface area is 292 Å². The smallest absolute Gasteiger partial charge is 0.338 e. The molecule has 0 unspecified atom stereocenters. The number of hydrogen-bond donors (Lipinski definition) is 4. The lowest BCUT2D eigenvalue weighted by atomic mass is 9.91. The highest BCUT2D eigenvalue weighted by Crippen LogP contribution is 2.59. The number of nitrogens with one attached hydrogen (secondary N) is 2. The van der Waals surface area contributed by atoms with Crippen LogP contribution in [0, 0.1) is 11.8 Å². The zero-order valence-corrected chi connectivity index (χ0v) is 29.1. The van der Waals surface area contributed by atoms with Crippen LogP contribution >= 0.6 is 0 Å². The predicted molar refractivity (Wildman–Crippen MR) is 180 cm³/mol. The average Bonchev–Trinajstić information content (AvgIpc) is 4.02. The van der Waals surface area contributed by atoms with E-state index in [1.807, 2.05) is 0 Å². The molecule has 1 aromatic carbocycles. The second kappa shape index (κ2) is 16.5. The molecule has 2 amide bonds. The quantitative estimate of drug-likeness (QED) is 0.107. The number of carbonyl (C=O) groups excluding carboxylic acids is 4. The zero-order chi connectivity index (χ0) is 35.9. The van der Waals surface area contributed by atoms with E-state index in [0.717, 1.165) is 31.2 Å². The Bertz CT molecular complexity index is 1410. The number of hydrogen-bond acceptors (Lipinski definition) is 11. The van der Waals surface area contributed by atoms with Crippen LogP contribution in [0.1, 0.15) is 88.1 Å². The summed E-state index contributed by atoms with van der Waals surface area (Å²) in [7, 11) is 0. The molecule has 4 aliphatic rings. The normalized spacial score (nSPS) is 23.4. The maximum absolute atomic E-state index is 13.4. The first kappa shape index (κ1) is 37.5. The van der Waals surface area contributed by atoms with Gasteiger partial charge in [0, 0.05) is 43.2 Å². The van der Waals surface area contributed by atoms with Crippen molar-refractivity contribution in [3.8, 4) is 0 Å². The van der Waals surface area contributed by atoms with Gasteiger partial charge in [0.25, 0.3) is 0 Å². The van der Waals surface area contributed by atoms with E-state index in [4.69, 9.17) is 28.8 Å². The molecule has 4 N–H and O–H groups in total. The molecule has 13 heteroatoms. The van der Waals surface area contributed by atoms with Crippen molar-refractivity contribution in [1.29, 1.82) is 0 Å². The number of ether oxygens (including phenoxy) is 5. The Morgan fingerprint density at radius 2 is 1.72 bits per heavy atom. The predicted octanol–water partition coefficient (Wildman–Crippen LogP) is 2.93. The highest BCUT2D eigenvalue weighted by molar-refractivity contribution is 5.94. The van der Waals surface area contributed by atoms with Gasteiger partial charge >= 0.3 is 11.9 Å². The summed E-state index contributed by atoms with van der Waals surface area (Å²) in [4.78, 5) is 51.4. The van der Waals surface area contributed by atoms with Crippen LogP contribution in [-0.4, -0.2) is 96.1 Å². The van der Waals surface area contributed by atoms with Gasteiger partial charge in [0.1, 0.15) is 30.5 Å². The summed E-state index contributed by atoms with van der Waals surface area (Å²) < 4.78 is 29.7. The molecule has 274 valence electrons. The number of aliphatic hydroxyl groups excluding tert-OH is 2. The zero-order valence-electron chi connectivity index (χ0n) is 29.1. The Balaban J connectivity index is 1.18. The molecule has 3 fully saturated rings. The first-order chi connectivity index (χ1) is 23.9. The Morgan fingerprint density at radius 3 is 2.34 bits per heavy atom. The van der Waals surface area contributed by atoms with Crippen LogP contribution in [0.3, 0.4) is 0 Å². The van der Waals surface area contributed by atoms with E-state index in [9.17, 15) is 24.3 Å². The molecule has 13 nitrogen and oxygen atoms in total. The van der Waals surface area contributed by atoms with E-state index in [1.165, 1.54) is 6.26 Å². The van der Waals surface area contributed by atoms with Crippen LogP contribution in [0.15, 0.2) is 42.2 Å². The summed E-state index contributed by atoms with van der Waals surface area (Å²) >= 11 is 0. The molecule has 0 radical (unpaired) electrons. The molecule has 4 atom stereocenters. The van der Waals surface area contributed by atoms with E-state index in [1.54, 1.807) is 57.2 Å². The van der Waals surface area contributed by atoms with E-state index < -0.39 is 53.6 Å². The summed E-state index contributed by atoms with van der Waals surface area (Å²) in [5.74, 6) is -1.95. The molecular weight excluding hydrogens is 648 g/mol. The van der Waals surface area contributed by atoms with Gasteiger partial charge in [-0.25, -0.2) is 4.79 Å². The van der Waals surface area contributed by atoms with Crippen LogP contribution in [0.2, 0.25) is 0 Å². The van der Waals surface area contributed by atoms with Gasteiger partial charge in [0.15, 0.2) is 5.79 Å². The lowest BCUT2D eigenvalue weighted by molar-refractivity contribution is -0.209. The van der Waals surface area contributed by atoms with Crippen molar-refractivity contribution in [2.45, 2.75) is 108 Å². The summed E-state index contributed by atoms with van der Waals surface area (Å²) in [5.41, 5.74) is 0.889. The molecule has 50 heavy (non-hydrogen) atoms. The van der Waals surface area contributed by atoms with E-state index in [0.29, 0.717) is 11.1 Å². The van der Waals surface area contributed by atoms with Crippen LogP contribution in [0.25, 0.3) is 6.08 Å². The molecule has 1 aliphatic heterocycles. The highest BCUT2D eigenvalue weighted by Gasteiger charge is 2.64. The summed E-state index contributed by atoms with van der Waals surface area (Å²) in [6, 6.07) is 6.16. The largest absolute Gasteiger partial charge is 0.499 e. The fourth-order valence-electron chi connectivity index (χ4n) is 6.35. The van der Waals surface area contributed by atoms with Crippen molar-refractivity contribution in [1.82, 2.24) is 10.6 Å². The Hall–Kier alpha value is -3.78. The van der Waals surface area contributed by atoms with Gasteiger partial charge in [-0.05, 0) is 82.7 Å². The van der Waals surface area contributed by atoms with Gasteiger partial charge in [-0.3, -0.25) is 14.4 Å². The molecule has 2 saturated carbocycles. The number of carbonyl (C=O) groups is 4. The van der Waals surface area contributed by atoms with Gasteiger partial charge in [-0.15, -0.1) is 0 Å². The number of benzene rings is 1. The van der Waals surface area contributed by atoms with Gasteiger partial charge in [0.05, 0.1) is 31.1 Å². The lowest BCUT2D eigenvalue weighted by Gasteiger charge is -2.31. The first-order valence-corrected chi connectivity index (χ1v) is 17.6. The number of rotatable bonds is 17. The van der Waals surface area contributed by atoms with Crippen LogP contribution in [-0.2, 0) is 38.1 Å². The first-order valence-electron chi connectivity index (χ1n) is 17.6. The van der Waals surface area contributed by atoms with E-state index in [-0.39, 0.29) is 69.8 Å². The third kappa shape index (κ3) is 10.1. The van der Waals surface area contributed by atoms with Crippen molar-refractivity contribution < 1.29 is 53.1 Å². The van der Waals surface area contributed by atoms with Crippen molar-refractivity contribution in [3.63, 3.8) is 0 Å². The van der Waals surface area contributed by atoms with Gasteiger partial charge in [-0.2, -0.15) is 0 Å². The average molecular weight is 699 g/mol. The molecule has 0 bridgehead atoms. The minimum absolute atomic E-state index is 0.0298. The molecule has 3 aliphatic carbocycles. The van der Waals surface area contributed by atoms with Crippen molar-refractivity contribution in [2.75, 3.05) is 26.4 Å². The van der Waals surface area contributed by atoms with Gasteiger partial charge in [-0.1, -0.05) is 12.1 Å². The van der Waals surface area contributed by atoms with E-state index >= 15 is 0 Å². The molecule has 1 heterocycles. The van der Waals surface area contributed by atoms with Crippen LogP contribution in [0.4, 0.5) is 0 Å². The minimum atomic E-state index is -0.775. The Morgan fingerprint density at radius 1 is 1.02 bits per heavy atom. The van der Waals surface area contributed by atoms with Crippen molar-refractivity contribution >= 4 is 29.8 Å². The van der Waals surface area contributed by atoms with Gasteiger partial charge < -0.3 is 44.5 Å². The SMILES string of the molecule is CC(C)(C)OC(=O)CC[C@@H](CO)NC(=O)CCNC(=O)C1=C[C@H]2OC(C3CC3)(C3CC3)O[C@H]2[C@H](OC(=O)c2ccc(C=COCCO)cc2)C1. The fourth-order valence-corrected chi connectivity index (χ4v) is 6.35. The highest BCUT2D eigenvalue weighted by atomic mass is 16.8. The third-order valence-electron chi connectivity index (χ3n) is 9.01.